The molecule has 0 aliphatic carbocycles. The summed E-state index contributed by atoms with van der Waals surface area (Å²) in [6.45, 7) is 0.125. The molecule has 1 aliphatic heterocycles. The van der Waals surface area contributed by atoms with Crippen LogP contribution in [-0.4, -0.2) is 17.1 Å². The molecule has 0 saturated carbocycles. The highest BCUT2D eigenvalue weighted by Crippen LogP contribution is 2.36. The number of anilines is 1. The Balaban J connectivity index is 1.55. The van der Waals surface area contributed by atoms with Gasteiger partial charge in [-0.3, -0.25) is 9.59 Å². The SMILES string of the molecule is N#Cc1ccc(COC(=O)C[C@H]2Sc3ccccc3NC2=O)cc1. The van der Waals surface area contributed by atoms with Crippen molar-refractivity contribution >= 4 is 29.3 Å². The molecule has 1 N–H and O–H groups in total. The van der Waals surface area contributed by atoms with Crippen LogP contribution < -0.4 is 5.32 Å². The summed E-state index contributed by atoms with van der Waals surface area (Å²) in [7, 11) is 0. The lowest BCUT2D eigenvalue weighted by molar-refractivity contribution is -0.145. The minimum absolute atomic E-state index is 0.0150. The van der Waals surface area contributed by atoms with E-state index < -0.39 is 11.2 Å². The van der Waals surface area contributed by atoms with Gasteiger partial charge in [-0.15, -0.1) is 11.8 Å². The highest BCUT2D eigenvalue weighted by Gasteiger charge is 2.29. The molecule has 0 radical (unpaired) electrons. The zero-order valence-electron chi connectivity index (χ0n) is 12.7. The molecule has 0 saturated heterocycles. The molecule has 2 aromatic carbocycles. The van der Waals surface area contributed by atoms with Crippen molar-refractivity contribution in [2.45, 2.75) is 23.2 Å². The minimum Gasteiger partial charge on any atom is -0.461 e. The minimum atomic E-state index is -0.492. The van der Waals surface area contributed by atoms with E-state index in [2.05, 4.69) is 5.32 Å². The second-order valence-electron chi connectivity index (χ2n) is 5.27. The highest BCUT2D eigenvalue weighted by atomic mass is 32.2. The molecule has 1 aliphatic rings. The molecule has 24 heavy (non-hydrogen) atoms. The van der Waals surface area contributed by atoms with Crippen LogP contribution in [0.15, 0.2) is 53.4 Å². The van der Waals surface area contributed by atoms with Gasteiger partial charge in [0, 0.05) is 4.90 Å². The van der Waals surface area contributed by atoms with Crippen LogP contribution in [0.4, 0.5) is 5.69 Å². The van der Waals surface area contributed by atoms with Gasteiger partial charge in [0.05, 0.1) is 29.0 Å². The number of rotatable bonds is 4. The van der Waals surface area contributed by atoms with Crippen molar-refractivity contribution in [3.8, 4) is 6.07 Å². The van der Waals surface area contributed by atoms with Crippen LogP contribution in [0.25, 0.3) is 0 Å². The summed E-state index contributed by atoms with van der Waals surface area (Å²) in [4.78, 5) is 25.0. The second-order valence-corrected chi connectivity index (χ2v) is 6.51. The van der Waals surface area contributed by atoms with E-state index in [1.165, 1.54) is 11.8 Å². The first-order valence-electron chi connectivity index (χ1n) is 7.37. The quantitative estimate of drug-likeness (QED) is 0.867. The van der Waals surface area contributed by atoms with Gasteiger partial charge in [-0.05, 0) is 29.8 Å². The van der Waals surface area contributed by atoms with Crippen LogP contribution in [-0.2, 0) is 20.9 Å². The van der Waals surface area contributed by atoms with E-state index in [1.54, 1.807) is 24.3 Å². The number of nitrogens with zero attached hydrogens (tertiary/aromatic N) is 1. The average Bonchev–Trinajstić information content (AvgIpc) is 2.61. The fraction of sp³-hybridized carbons (Fsp3) is 0.167. The van der Waals surface area contributed by atoms with E-state index in [0.717, 1.165) is 16.1 Å². The third kappa shape index (κ3) is 3.76. The van der Waals surface area contributed by atoms with Crippen molar-refractivity contribution in [1.29, 1.82) is 5.26 Å². The number of nitrogens with one attached hydrogen (secondary N) is 1. The number of hydrogen-bond donors (Lipinski definition) is 1. The fourth-order valence-electron chi connectivity index (χ4n) is 2.28. The van der Waals surface area contributed by atoms with Crippen LogP contribution in [0.3, 0.4) is 0 Å². The summed E-state index contributed by atoms with van der Waals surface area (Å²) in [6.07, 6.45) is 0.0150. The number of ether oxygens (including phenoxy) is 1. The summed E-state index contributed by atoms with van der Waals surface area (Å²) in [6, 6.07) is 16.3. The van der Waals surface area contributed by atoms with Gasteiger partial charge in [0.15, 0.2) is 0 Å². The molecule has 0 bridgehead atoms. The molecule has 1 amide bonds. The largest absolute Gasteiger partial charge is 0.461 e. The highest BCUT2D eigenvalue weighted by molar-refractivity contribution is 8.01. The summed E-state index contributed by atoms with van der Waals surface area (Å²) < 4.78 is 5.23. The lowest BCUT2D eigenvalue weighted by Gasteiger charge is -2.23. The van der Waals surface area contributed by atoms with Crippen molar-refractivity contribution < 1.29 is 14.3 Å². The Hall–Kier alpha value is -2.78. The Kier molecular flexibility index (Phi) is 4.82. The second kappa shape index (κ2) is 7.20. The summed E-state index contributed by atoms with van der Waals surface area (Å²) in [5.74, 6) is -0.611. The number of thioether (sulfide) groups is 1. The predicted molar refractivity (Wildman–Crippen MR) is 90.3 cm³/mol. The maximum Gasteiger partial charge on any atom is 0.307 e. The number of nitriles is 1. The van der Waals surface area contributed by atoms with E-state index in [9.17, 15) is 9.59 Å². The molecule has 0 aromatic heterocycles. The number of esters is 1. The molecule has 3 rings (SSSR count). The molecule has 2 aromatic rings. The Labute approximate surface area is 143 Å². The number of carbonyl (C=O) groups excluding carboxylic acids is 2. The Bertz CT molecular complexity index is 812. The van der Waals surface area contributed by atoms with Gasteiger partial charge in [-0.25, -0.2) is 0 Å². The van der Waals surface area contributed by atoms with Crippen molar-refractivity contribution in [2.24, 2.45) is 0 Å². The van der Waals surface area contributed by atoms with Crippen molar-refractivity contribution in [1.82, 2.24) is 0 Å². The smallest absolute Gasteiger partial charge is 0.307 e. The summed E-state index contributed by atoms with van der Waals surface area (Å²) in [5.41, 5.74) is 2.13. The third-order valence-electron chi connectivity index (χ3n) is 3.54. The molecule has 0 spiro atoms. The Morgan fingerprint density at radius 3 is 2.71 bits per heavy atom. The zero-order chi connectivity index (χ0) is 16.9. The number of benzene rings is 2. The number of amides is 1. The molecule has 120 valence electrons. The van der Waals surface area contributed by atoms with Crippen molar-refractivity contribution in [3.05, 3.63) is 59.7 Å². The molecule has 1 heterocycles. The average molecular weight is 338 g/mol. The van der Waals surface area contributed by atoms with Gasteiger partial charge in [0.2, 0.25) is 5.91 Å². The van der Waals surface area contributed by atoms with E-state index in [1.807, 2.05) is 30.3 Å². The van der Waals surface area contributed by atoms with Crippen LogP contribution in [0.2, 0.25) is 0 Å². The summed E-state index contributed by atoms with van der Waals surface area (Å²) in [5, 5.41) is 11.1. The monoisotopic (exact) mass is 338 g/mol. The number of para-hydroxylation sites is 1. The standard InChI is InChI=1S/C18H14N2O3S/c19-10-12-5-7-13(8-6-12)11-23-17(21)9-16-18(22)20-14-3-1-2-4-15(14)24-16/h1-8,16H,9,11H2,(H,20,22)/t16-/m1/s1. The number of hydrogen-bond acceptors (Lipinski definition) is 5. The van der Waals surface area contributed by atoms with Gasteiger partial charge >= 0.3 is 5.97 Å². The summed E-state index contributed by atoms with van der Waals surface area (Å²) >= 11 is 1.37. The van der Waals surface area contributed by atoms with Crippen LogP contribution in [0.5, 0.6) is 0 Å². The van der Waals surface area contributed by atoms with Gasteiger partial charge in [0.1, 0.15) is 6.61 Å². The first-order valence-corrected chi connectivity index (χ1v) is 8.25. The van der Waals surface area contributed by atoms with Crippen LogP contribution >= 0.6 is 11.8 Å². The van der Waals surface area contributed by atoms with Crippen LogP contribution in [0, 0.1) is 11.3 Å². The predicted octanol–water partition coefficient (Wildman–Crippen LogP) is 3.10. The van der Waals surface area contributed by atoms with E-state index >= 15 is 0 Å². The zero-order valence-corrected chi connectivity index (χ0v) is 13.5. The van der Waals surface area contributed by atoms with E-state index in [0.29, 0.717) is 5.56 Å². The molecule has 0 fully saturated rings. The molecule has 1 atom stereocenters. The lowest BCUT2D eigenvalue weighted by atomic mass is 10.1. The van der Waals surface area contributed by atoms with E-state index in [4.69, 9.17) is 10.00 Å². The molecular weight excluding hydrogens is 324 g/mol. The van der Waals surface area contributed by atoms with Gasteiger partial charge in [0.25, 0.3) is 0 Å². The molecule has 5 nitrogen and oxygen atoms in total. The fourth-order valence-corrected chi connectivity index (χ4v) is 3.37. The maximum absolute atomic E-state index is 12.1. The van der Waals surface area contributed by atoms with Gasteiger partial charge in [-0.1, -0.05) is 24.3 Å². The first-order chi connectivity index (χ1) is 11.7. The normalized spacial score (nSPS) is 15.8. The Morgan fingerprint density at radius 2 is 1.96 bits per heavy atom. The molecule has 6 heteroatoms. The lowest BCUT2D eigenvalue weighted by Crippen LogP contribution is -2.31. The van der Waals surface area contributed by atoms with Crippen molar-refractivity contribution in [3.63, 3.8) is 0 Å². The van der Waals surface area contributed by atoms with Crippen LogP contribution in [0.1, 0.15) is 17.5 Å². The topological polar surface area (TPSA) is 79.2 Å². The van der Waals surface area contributed by atoms with Gasteiger partial charge in [-0.2, -0.15) is 5.26 Å². The number of carbonyl (C=O) groups is 2. The maximum atomic E-state index is 12.1. The molecular formula is C18H14N2O3S. The first kappa shape index (κ1) is 16.1. The van der Waals surface area contributed by atoms with E-state index in [-0.39, 0.29) is 18.9 Å². The Morgan fingerprint density at radius 1 is 1.21 bits per heavy atom. The van der Waals surface area contributed by atoms with Crippen molar-refractivity contribution in [2.75, 3.05) is 5.32 Å². The number of fused-ring (bicyclic) bond motifs is 1. The third-order valence-corrected chi connectivity index (χ3v) is 4.82. The molecule has 0 unspecified atom stereocenters. The van der Waals surface area contributed by atoms with Gasteiger partial charge < -0.3 is 10.1 Å².